The van der Waals surface area contributed by atoms with Gasteiger partial charge in [-0.2, -0.15) is 0 Å². The van der Waals surface area contributed by atoms with Gasteiger partial charge in [-0.3, -0.25) is 9.88 Å². The maximum absolute atomic E-state index is 4.41. The fourth-order valence-electron chi connectivity index (χ4n) is 3.07. The average molecular weight is 295 g/mol. The van der Waals surface area contributed by atoms with Gasteiger partial charge in [0.2, 0.25) is 0 Å². The number of benzene rings is 1. The first kappa shape index (κ1) is 15.2. The van der Waals surface area contributed by atoms with Crippen LogP contribution < -0.4 is 0 Å². The number of nitrogens with zero attached hydrogens (tertiary/aromatic N) is 3. The predicted molar refractivity (Wildman–Crippen MR) is 91.7 cm³/mol. The van der Waals surface area contributed by atoms with Gasteiger partial charge in [-0.1, -0.05) is 37.3 Å². The van der Waals surface area contributed by atoms with E-state index in [1.165, 1.54) is 50.3 Å². The molecule has 3 rings (SSSR count). The minimum atomic E-state index is 1.04. The molecule has 1 aliphatic rings. The minimum absolute atomic E-state index is 1.04. The highest BCUT2D eigenvalue weighted by Gasteiger charge is 2.13. The first-order valence-electron chi connectivity index (χ1n) is 8.30. The molecule has 1 aromatic heterocycles. The van der Waals surface area contributed by atoms with E-state index in [2.05, 4.69) is 52.0 Å². The molecule has 0 aliphatic carbocycles. The molecule has 0 radical (unpaired) electrons. The molecule has 1 fully saturated rings. The molecule has 1 aromatic carbocycles. The third kappa shape index (κ3) is 3.93. The van der Waals surface area contributed by atoms with E-state index in [0.717, 1.165) is 12.2 Å². The lowest BCUT2D eigenvalue weighted by atomic mass is 10.1. The zero-order chi connectivity index (χ0) is 15.2. The quantitative estimate of drug-likeness (QED) is 0.863. The second-order valence-electron chi connectivity index (χ2n) is 5.98. The molecule has 0 atom stereocenters. The van der Waals surface area contributed by atoms with Gasteiger partial charge >= 0.3 is 0 Å². The van der Waals surface area contributed by atoms with Crippen LogP contribution in [0.2, 0.25) is 0 Å². The molecule has 3 heteroatoms. The largest absolute Gasteiger partial charge is 0.302 e. The smallest absolute Gasteiger partial charge is 0.0701 e. The molecule has 22 heavy (non-hydrogen) atoms. The molecule has 2 heterocycles. The summed E-state index contributed by atoms with van der Waals surface area (Å²) in [6, 6.07) is 14.9. The molecule has 1 aliphatic heterocycles. The first-order valence-corrected chi connectivity index (χ1v) is 8.30. The van der Waals surface area contributed by atoms with Crippen LogP contribution in [0.1, 0.15) is 18.9 Å². The summed E-state index contributed by atoms with van der Waals surface area (Å²) in [6.07, 6.45) is 3.12. The Morgan fingerprint density at radius 1 is 0.909 bits per heavy atom. The lowest BCUT2D eigenvalue weighted by molar-refractivity contribution is 0.257. The van der Waals surface area contributed by atoms with Crippen molar-refractivity contribution in [1.82, 2.24) is 14.8 Å². The van der Waals surface area contributed by atoms with Gasteiger partial charge < -0.3 is 4.90 Å². The summed E-state index contributed by atoms with van der Waals surface area (Å²) in [4.78, 5) is 9.53. The van der Waals surface area contributed by atoms with Crippen LogP contribution in [0.15, 0.2) is 48.7 Å². The summed E-state index contributed by atoms with van der Waals surface area (Å²) < 4.78 is 0. The highest BCUT2D eigenvalue weighted by atomic mass is 15.2. The third-order valence-corrected chi connectivity index (χ3v) is 4.45. The lowest BCUT2D eigenvalue weighted by Crippen LogP contribution is -2.30. The molecule has 0 amide bonds. The van der Waals surface area contributed by atoms with Crippen LogP contribution in [0.5, 0.6) is 0 Å². The Hall–Kier alpha value is -1.71. The molecule has 0 unspecified atom stereocenters. The molecule has 0 bridgehead atoms. The zero-order valence-electron chi connectivity index (χ0n) is 13.4. The van der Waals surface area contributed by atoms with E-state index in [-0.39, 0.29) is 0 Å². The van der Waals surface area contributed by atoms with Crippen molar-refractivity contribution in [2.45, 2.75) is 19.9 Å². The van der Waals surface area contributed by atoms with Gasteiger partial charge in [0.05, 0.1) is 5.69 Å². The van der Waals surface area contributed by atoms with Gasteiger partial charge in [-0.25, -0.2) is 0 Å². The first-order chi connectivity index (χ1) is 10.8. The third-order valence-electron chi connectivity index (χ3n) is 4.45. The van der Waals surface area contributed by atoms with E-state index in [0.29, 0.717) is 0 Å². The second kappa shape index (κ2) is 7.52. The summed E-state index contributed by atoms with van der Waals surface area (Å²) in [5.74, 6) is 0. The fraction of sp³-hybridized carbons (Fsp3) is 0.421. The molecule has 3 nitrogen and oxygen atoms in total. The number of pyridine rings is 1. The molecular formula is C19H25N3. The van der Waals surface area contributed by atoms with Crippen LogP contribution in [0.25, 0.3) is 11.3 Å². The predicted octanol–water partition coefficient (Wildman–Crippen LogP) is 3.28. The van der Waals surface area contributed by atoms with E-state index in [1.807, 2.05) is 18.3 Å². The number of likely N-dealkylation sites (N-methyl/N-ethyl adjacent to an activating group) is 1. The Kier molecular flexibility index (Phi) is 5.20. The minimum Gasteiger partial charge on any atom is -0.302 e. The summed E-state index contributed by atoms with van der Waals surface area (Å²) >= 11 is 0. The van der Waals surface area contributed by atoms with Crippen LogP contribution in [0, 0.1) is 0 Å². The lowest BCUT2D eigenvalue weighted by Gasteiger charge is -2.21. The second-order valence-corrected chi connectivity index (χ2v) is 5.98. The van der Waals surface area contributed by atoms with E-state index in [9.17, 15) is 0 Å². The fourth-order valence-corrected chi connectivity index (χ4v) is 3.07. The Morgan fingerprint density at radius 3 is 2.41 bits per heavy atom. The molecule has 0 spiro atoms. The van der Waals surface area contributed by atoms with Crippen molar-refractivity contribution in [3.05, 3.63) is 54.2 Å². The number of rotatable bonds is 4. The van der Waals surface area contributed by atoms with E-state index >= 15 is 0 Å². The SMILES string of the molecule is CCN1CCCN(Cc2ccc(-c3ccccn3)cc2)CC1. The topological polar surface area (TPSA) is 19.4 Å². The molecule has 2 aromatic rings. The Balaban J connectivity index is 1.61. The normalized spacial score (nSPS) is 17.3. The van der Waals surface area contributed by atoms with Gasteiger partial charge in [0.1, 0.15) is 0 Å². The molecule has 0 saturated carbocycles. The van der Waals surface area contributed by atoms with Crippen LogP contribution in [-0.2, 0) is 6.54 Å². The Labute approximate surface area is 133 Å². The van der Waals surface area contributed by atoms with Gasteiger partial charge in [-0.05, 0) is 43.8 Å². The summed E-state index contributed by atoms with van der Waals surface area (Å²) in [5.41, 5.74) is 3.63. The van der Waals surface area contributed by atoms with Crippen molar-refractivity contribution >= 4 is 0 Å². The van der Waals surface area contributed by atoms with Crippen LogP contribution in [0.4, 0.5) is 0 Å². The average Bonchev–Trinajstić information content (AvgIpc) is 2.81. The van der Waals surface area contributed by atoms with E-state index < -0.39 is 0 Å². The highest BCUT2D eigenvalue weighted by Crippen LogP contribution is 2.18. The Morgan fingerprint density at radius 2 is 1.68 bits per heavy atom. The highest BCUT2D eigenvalue weighted by molar-refractivity contribution is 5.58. The van der Waals surface area contributed by atoms with Gasteiger partial charge in [0.25, 0.3) is 0 Å². The number of aromatic nitrogens is 1. The van der Waals surface area contributed by atoms with Crippen LogP contribution in [0.3, 0.4) is 0 Å². The maximum atomic E-state index is 4.41. The van der Waals surface area contributed by atoms with E-state index in [4.69, 9.17) is 0 Å². The molecule has 1 saturated heterocycles. The number of hydrogen-bond donors (Lipinski definition) is 0. The summed E-state index contributed by atoms with van der Waals surface area (Å²) in [6.45, 7) is 9.31. The summed E-state index contributed by atoms with van der Waals surface area (Å²) in [7, 11) is 0. The van der Waals surface area contributed by atoms with Crippen molar-refractivity contribution in [2.24, 2.45) is 0 Å². The standard InChI is InChI=1S/C19H25N3/c1-2-21-12-5-13-22(15-14-21)16-17-7-9-18(10-8-17)19-6-3-4-11-20-19/h3-4,6-11H,2,5,12-16H2,1H3. The maximum Gasteiger partial charge on any atom is 0.0701 e. The van der Waals surface area contributed by atoms with Crippen molar-refractivity contribution in [2.75, 3.05) is 32.7 Å². The molecular weight excluding hydrogens is 270 g/mol. The van der Waals surface area contributed by atoms with Crippen LogP contribution >= 0.6 is 0 Å². The van der Waals surface area contributed by atoms with Crippen molar-refractivity contribution in [1.29, 1.82) is 0 Å². The van der Waals surface area contributed by atoms with Gasteiger partial charge in [0.15, 0.2) is 0 Å². The van der Waals surface area contributed by atoms with E-state index in [1.54, 1.807) is 0 Å². The van der Waals surface area contributed by atoms with Crippen molar-refractivity contribution < 1.29 is 0 Å². The monoisotopic (exact) mass is 295 g/mol. The molecule has 0 N–H and O–H groups in total. The van der Waals surface area contributed by atoms with Gasteiger partial charge in [-0.15, -0.1) is 0 Å². The van der Waals surface area contributed by atoms with Crippen molar-refractivity contribution in [3.8, 4) is 11.3 Å². The Bertz CT molecular complexity index is 565. The number of hydrogen-bond acceptors (Lipinski definition) is 3. The molecule has 116 valence electrons. The van der Waals surface area contributed by atoms with Crippen LogP contribution in [-0.4, -0.2) is 47.5 Å². The van der Waals surface area contributed by atoms with Gasteiger partial charge in [0, 0.05) is 31.4 Å². The summed E-state index contributed by atoms with van der Waals surface area (Å²) in [5, 5.41) is 0. The van der Waals surface area contributed by atoms with Crippen molar-refractivity contribution in [3.63, 3.8) is 0 Å². The zero-order valence-corrected chi connectivity index (χ0v) is 13.4.